The summed E-state index contributed by atoms with van der Waals surface area (Å²) in [6, 6.07) is 7.49. The van der Waals surface area contributed by atoms with Crippen LogP contribution < -0.4 is 20.3 Å². The molecular weight excluding hydrogens is 390 g/mol. The van der Waals surface area contributed by atoms with Gasteiger partial charge in [0.15, 0.2) is 12.1 Å². The van der Waals surface area contributed by atoms with E-state index >= 15 is 0 Å². The summed E-state index contributed by atoms with van der Waals surface area (Å²) in [6.45, 7) is 1.83. The minimum Gasteiger partial charge on any atom is -0.364 e. The van der Waals surface area contributed by atoms with Crippen LogP contribution in [0, 0.1) is 0 Å². The Balaban J connectivity index is 1.57. The number of aromatic amines is 2. The van der Waals surface area contributed by atoms with Gasteiger partial charge in [0.25, 0.3) is 0 Å². The average Bonchev–Trinajstić information content (AvgIpc) is 3.33. The number of rotatable bonds is 8. The second kappa shape index (κ2) is 8.24. The number of imidazole rings is 1. The number of hydrogen-bond acceptors (Lipinski definition) is 6. The van der Waals surface area contributed by atoms with Gasteiger partial charge in [-0.2, -0.15) is 4.98 Å². The highest BCUT2D eigenvalue weighted by Crippen LogP contribution is 2.26. The first-order valence-electron chi connectivity index (χ1n) is 9.93. The van der Waals surface area contributed by atoms with Crippen molar-refractivity contribution in [3.8, 4) is 0 Å². The maximum Gasteiger partial charge on any atom is 0.307 e. The van der Waals surface area contributed by atoms with E-state index in [4.69, 9.17) is 0 Å². The second-order valence-corrected chi connectivity index (χ2v) is 9.15. The quantitative estimate of drug-likeness (QED) is 0.447. The van der Waals surface area contributed by atoms with Crippen LogP contribution in [0.3, 0.4) is 0 Å². The number of nitrogens with one attached hydrogen (secondary N) is 5. The molecule has 0 unspecified atom stereocenters. The summed E-state index contributed by atoms with van der Waals surface area (Å²) in [5.41, 5.74) is 2.73. The molecule has 4 rings (SSSR count). The number of hydrogen-bond donors (Lipinski definition) is 4. The standard InChI is InChI=1S/C19H25N7O2S/c1-2-10-29(27,28)26-15-9-5-8-14(11-15)23-19-24-17-16(20-12-21-17)18(25-19)22-13-6-3-4-7-13/h5,8-9,11-13,26H,2-4,6-7,10H2,1H3,(H3,20,21,22,23,24,25)/p+1. The number of fused-ring (bicyclic) bond motifs is 1. The van der Waals surface area contributed by atoms with Crippen LogP contribution in [0.1, 0.15) is 39.0 Å². The molecule has 0 atom stereocenters. The van der Waals surface area contributed by atoms with Crippen molar-refractivity contribution in [3.05, 3.63) is 30.6 Å². The lowest BCUT2D eigenvalue weighted by Gasteiger charge is -2.13. The van der Waals surface area contributed by atoms with Crippen molar-refractivity contribution >= 4 is 44.3 Å². The number of nitrogens with zero attached hydrogens (tertiary/aromatic N) is 2. The third-order valence-electron chi connectivity index (χ3n) is 4.90. The molecular formula is C19H26N7O2S+. The Morgan fingerprint density at radius 2 is 2.00 bits per heavy atom. The fourth-order valence-corrected chi connectivity index (χ4v) is 4.72. The summed E-state index contributed by atoms with van der Waals surface area (Å²) >= 11 is 0. The lowest BCUT2D eigenvalue weighted by atomic mass is 10.2. The van der Waals surface area contributed by atoms with Crippen LogP contribution in [-0.4, -0.2) is 35.2 Å². The van der Waals surface area contributed by atoms with E-state index in [0.717, 1.165) is 24.2 Å². The van der Waals surface area contributed by atoms with Crippen LogP contribution in [0.4, 0.5) is 23.1 Å². The van der Waals surface area contributed by atoms with E-state index in [9.17, 15) is 8.42 Å². The SMILES string of the molecule is CCCS(=O)(=O)Nc1cccc(Nc2nc(NC3CCCC3)c3[nH]c[nH+]c3n2)c1. The van der Waals surface area contributed by atoms with Crippen LogP contribution in [-0.2, 0) is 10.0 Å². The predicted molar refractivity (Wildman–Crippen MR) is 114 cm³/mol. The molecule has 10 heteroatoms. The van der Waals surface area contributed by atoms with Gasteiger partial charge in [0, 0.05) is 11.7 Å². The summed E-state index contributed by atoms with van der Waals surface area (Å²) in [5.74, 6) is 1.28. The summed E-state index contributed by atoms with van der Waals surface area (Å²) in [5, 5.41) is 6.70. The van der Waals surface area contributed by atoms with Crippen molar-refractivity contribution in [1.29, 1.82) is 0 Å². The van der Waals surface area contributed by atoms with Gasteiger partial charge in [-0.3, -0.25) is 9.71 Å². The lowest BCUT2D eigenvalue weighted by Crippen LogP contribution is -2.17. The van der Waals surface area contributed by atoms with E-state index in [0.29, 0.717) is 35.4 Å². The van der Waals surface area contributed by atoms with Gasteiger partial charge in [0.2, 0.25) is 15.5 Å². The van der Waals surface area contributed by atoms with Crippen molar-refractivity contribution < 1.29 is 13.4 Å². The summed E-state index contributed by atoms with van der Waals surface area (Å²) in [4.78, 5) is 15.4. The molecule has 9 nitrogen and oxygen atoms in total. The normalized spacial score (nSPS) is 14.9. The molecule has 1 aliphatic rings. The molecule has 0 saturated heterocycles. The monoisotopic (exact) mass is 416 g/mol. The molecule has 0 radical (unpaired) electrons. The van der Waals surface area contributed by atoms with E-state index in [-0.39, 0.29) is 5.75 Å². The Kier molecular flexibility index (Phi) is 5.52. The van der Waals surface area contributed by atoms with Gasteiger partial charge in [-0.25, -0.2) is 13.4 Å². The minimum atomic E-state index is -3.34. The molecule has 0 bridgehead atoms. The molecule has 2 heterocycles. The Morgan fingerprint density at radius 1 is 1.21 bits per heavy atom. The maximum atomic E-state index is 12.0. The van der Waals surface area contributed by atoms with Crippen molar-refractivity contribution in [3.63, 3.8) is 0 Å². The first kappa shape index (κ1) is 19.4. The zero-order valence-electron chi connectivity index (χ0n) is 16.3. The number of benzene rings is 1. The fourth-order valence-electron chi connectivity index (χ4n) is 3.59. The second-order valence-electron chi connectivity index (χ2n) is 7.30. The number of aromatic nitrogens is 4. The maximum absolute atomic E-state index is 12.0. The van der Waals surface area contributed by atoms with Crippen LogP contribution in [0.25, 0.3) is 11.2 Å². The third kappa shape index (κ3) is 4.76. The van der Waals surface area contributed by atoms with Crippen LogP contribution >= 0.6 is 0 Å². The van der Waals surface area contributed by atoms with Gasteiger partial charge >= 0.3 is 11.6 Å². The molecule has 0 aliphatic heterocycles. The first-order valence-corrected chi connectivity index (χ1v) is 11.6. The van der Waals surface area contributed by atoms with Crippen molar-refractivity contribution in [2.45, 2.75) is 45.1 Å². The molecule has 3 aromatic rings. The summed E-state index contributed by atoms with van der Waals surface area (Å²) in [7, 11) is -3.34. The molecule has 154 valence electrons. The number of sulfonamides is 1. The van der Waals surface area contributed by atoms with E-state index in [1.807, 2.05) is 13.0 Å². The molecule has 0 amide bonds. The van der Waals surface area contributed by atoms with Gasteiger partial charge in [-0.15, -0.1) is 0 Å². The van der Waals surface area contributed by atoms with Crippen LogP contribution in [0.15, 0.2) is 30.6 Å². The highest BCUT2D eigenvalue weighted by atomic mass is 32.2. The Morgan fingerprint density at radius 3 is 2.79 bits per heavy atom. The van der Waals surface area contributed by atoms with Crippen molar-refractivity contribution in [2.75, 3.05) is 21.1 Å². The smallest absolute Gasteiger partial charge is 0.307 e. The van der Waals surface area contributed by atoms with Gasteiger partial charge in [-0.1, -0.05) is 30.8 Å². The average molecular weight is 417 g/mol. The molecule has 1 aliphatic carbocycles. The van der Waals surface area contributed by atoms with E-state index < -0.39 is 10.0 Å². The highest BCUT2D eigenvalue weighted by molar-refractivity contribution is 7.92. The highest BCUT2D eigenvalue weighted by Gasteiger charge is 2.21. The largest absolute Gasteiger partial charge is 0.364 e. The lowest BCUT2D eigenvalue weighted by molar-refractivity contribution is -0.347. The predicted octanol–water partition coefficient (Wildman–Crippen LogP) is 3.02. The van der Waals surface area contributed by atoms with Gasteiger partial charge in [-0.05, 0) is 37.5 Å². The molecule has 1 aromatic carbocycles. The van der Waals surface area contributed by atoms with Gasteiger partial charge < -0.3 is 10.6 Å². The third-order valence-corrected chi connectivity index (χ3v) is 6.39. The molecule has 1 fully saturated rings. The molecule has 0 spiro atoms. The zero-order chi connectivity index (χ0) is 20.3. The summed E-state index contributed by atoms with van der Waals surface area (Å²) < 4.78 is 26.6. The Bertz CT molecular complexity index is 1090. The van der Waals surface area contributed by atoms with Crippen molar-refractivity contribution in [2.24, 2.45) is 0 Å². The van der Waals surface area contributed by atoms with Crippen molar-refractivity contribution in [1.82, 2.24) is 15.0 Å². The van der Waals surface area contributed by atoms with Gasteiger partial charge in [0.1, 0.15) is 0 Å². The van der Waals surface area contributed by atoms with E-state index in [1.54, 1.807) is 24.5 Å². The number of H-pyrrole nitrogens is 2. The first-order chi connectivity index (χ1) is 14.0. The van der Waals surface area contributed by atoms with Gasteiger partial charge in [0.05, 0.1) is 11.4 Å². The fraction of sp³-hybridized carbons (Fsp3) is 0.421. The van der Waals surface area contributed by atoms with E-state index in [2.05, 4.69) is 35.3 Å². The summed E-state index contributed by atoms with van der Waals surface area (Å²) in [6.07, 6.45) is 7.03. The van der Waals surface area contributed by atoms with Crippen LogP contribution in [0.5, 0.6) is 0 Å². The molecule has 29 heavy (non-hydrogen) atoms. The zero-order valence-corrected chi connectivity index (χ0v) is 17.1. The minimum absolute atomic E-state index is 0.0873. The number of anilines is 4. The topological polar surface area (TPSA) is 126 Å². The van der Waals surface area contributed by atoms with E-state index in [1.165, 1.54) is 12.8 Å². The molecule has 2 aromatic heterocycles. The van der Waals surface area contributed by atoms with Crippen LogP contribution in [0.2, 0.25) is 0 Å². The Labute approximate surface area is 169 Å². The molecule has 1 saturated carbocycles. The Hall–Kier alpha value is -2.88. The molecule has 5 N–H and O–H groups in total.